The van der Waals surface area contributed by atoms with Gasteiger partial charge in [0.1, 0.15) is 5.82 Å². The number of nitrogens with one attached hydrogen (secondary N) is 2. The summed E-state index contributed by atoms with van der Waals surface area (Å²) < 4.78 is 38.9. The molecule has 2 N–H and O–H groups in total. The second-order valence-electron chi connectivity index (χ2n) is 5.59. The van der Waals surface area contributed by atoms with Crippen LogP contribution < -0.4 is 14.9 Å². The molecule has 0 bridgehead atoms. The Hall–Kier alpha value is -1.67. The van der Waals surface area contributed by atoms with Crippen LogP contribution in [0.1, 0.15) is 12.8 Å². The fraction of sp³-hybridized carbons (Fsp3) is 0.500. The Morgan fingerprint density at radius 2 is 2.23 bits per heavy atom. The minimum absolute atomic E-state index is 0.000142. The fourth-order valence-corrected chi connectivity index (χ4v) is 4.38. The first-order valence-corrected chi connectivity index (χ1v) is 8.90. The van der Waals surface area contributed by atoms with E-state index in [9.17, 15) is 17.6 Å². The van der Waals surface area contributed by atoms with Gasteiger partial charge in [0.05, 0.1) is 17.4 Å². The number of hydrogen-bond acceptors (Lipinski definition) is 4. The van der Waals surface area contributed by atoms with Crippen LogP contribution in [0.2, 0.25) is 0 Å². The molecule has 3 rings (SSSR count). The summed E-state index contributed by atoms with van der Waals surface area (Å²) in [7, 11) is -3.45. The van der Waals surface area contributed by atoms with Crippen molar-refractivity contribution in [1.82, 2.24) is 5.32 Å². The van der Waals surface area contributed by atoms with E-state index in [1.807, 2.05) is 0 Å². The molecular weight excluding hydrogens is 309 g/mol. The van der Waals surface area contributed by atoms with E-state index in [1.54, 1.807) is 0 Å². The molecule has 2 aliphatic rings. The summed E-state index contributed by atoms with van der Waals surface area (Å²) in [5.74, 6) is -0.821. The third-order valence-electron chi connectivity index (χ3n) is 4.01. The third kappa shape index (κ3) is 2.93. The Morgan fingerprint density at radius 1 is 1.41 bits per heavy atom. The molecule has 2 heterocycles. The van der Waals surface area contributed by atoms with Crippen molar-refractivity contribution in [2.45, 2.75) is 12.8 Å². The first-order chi connectivity index (χ1) is 10.5. The van der Waals surface area contributed by atoms with Gasteiger partial charge in [0, 0.05) is 18.8 Å². The lowest BCUT2D eigenvalue weighted by Gasteiger charge is -2.19. The summed E-state index contributed by atoms with van der Waals surface area (Å²) in [6.45, 7) is 1.70. The number of hydrogen-bond donors (Lipinski definition) is 2. The molecule has 8 heteroatoms. The monoisotopic (exact) mass is 327 g/mol. The molecule has 2 fully saturated rings. The number of nitrogens with zero attached hydrogens (tertiary/aromatic N) is 1. The molecule has 0 aliphatic carbocycles. The van der Waals surface area contributed by atoms with Gasteiger partial charge in [-0.25, -0.2) is 12.8 Å². The summed E-state index contributed by atoms with van der Waals surface area (Å²) in [5.41, 5.74) is 0.412. The van der Waals surface area contributed by atoms with Crippen molar-refractivity contribution < 1.29 is 17.6 Å². The van der Waals surface area contributed by atoms with Gasteiger partial charge >= 0.3 is 0 Å². The molecule has 120 valence electrons. The predicted molar refractivity (Wildman–Crippen MR) is 81.8 cm³/mol. The number of benzene rings is 1. The zero-order chi connectivity index (χ0) is 15.7. The van der Waals surface area contributed by atoms with Crippen LogP contribution in [-0.4, -0.2) is 39.7 Å². The average molecular weight is 327 g/mol. The predicted octanol–water partition coefficient (Wildman–Crippen LogP) is 0.914. The lowest BCUT2D eigenvalue weighted by atomic mass is 10.1. The first kappa shape index (κ1) is 15.2. The van der Waals surface area contributed by atoms with Gasteiger partial charge in [0.15, 0.2) is 0 Å². The molecule has 1 aromatic rings. The summed E-state index contributed by atoms with van der Waals surface area (Å²) >= 11 is 0. The van der Waals surface area contributed by atoms with Gasteiger partial charge in [-0.3, -0.25) is 9.10 Å². The Balaban J connectivity index is 1.82. The lowest BCUT2D eigenvalue weighted by Crippen LogP contribution is -2.27. The van der Waals surface area contributed by atoms with Gasteiger partial charge < -0.3 is 10.6 Å². The summed E-state index contributed by atoms with van der Waals surface area (Å²) in [5, 5.41) is 5.84. The average Bonchev–Trinajstić information content (AvgIpc) is 3.10. The van der Waals surface area contributed by atoms with E-state index in [2.05, 4.69) is 10.6 Å². The van der Waals surface area contributed by atoms with Crippen LogP contribution in [0, 0.1) is 11.7 Å². The van der Waals surface area contributed by atoms with Gasteiger partial charge in [-0.15, -0.1) is 0 Å². The van der Waals surface area contributed by atoms with Crippen molar-refractivity contribution in [3.05, 3.63) is 24.0 Å². The van der Waals surface area contributed by atoms with Gasteiger partial charge in [0.2, 0.25) is 15.9 Å². The quantitative estimate of drug-likeness (QED) is 0.865. The molecule has 2 saturated heterocycles. The molecule has 1 unspecified atom stereocenters. The van der Waals surface area contributed by atoms with Gasteiger partial charge in [-0.1, -0.05) is 0 Å². The molecule has 0 radical (unpaired) electrons. The zero-order valence-corrected chi connectivity index (χ0v) is 12.8. The largest absolute Gasteiger partial charge is 0.326 e. The zero-order valence-electron chi connectivity index (χ0n) is 12.0. The van der Waals surface area contributed by atoms with Crippen LogP contribution in [0.25, 0.3) is 0 Å². The molecule has 22 heavy (non-hydrogen) atoms. The number of rotatable bonds is 3. The molecule has 0 spiro atoms. The highest BCUT2D eigenvalue weighted by Crippen LogP contribution is 2.29. The second kappa shape index (κ2) is 5.85. The van der Waals surface area contributed by atoms with Crippen LogP contribution in [0.4, 0.5) is 15.8 Å². The van der Waals surface area contributed by atoms with Crippen molar-refractivity contribution in [1.29, 1.82) is 0 Å². The van der Waals surface area contributed by atoms with Crippen molar-refractivity contribution in [2.24, 2.45) is 5.92 Å². The topological polar surface area (TPSA) is 78.5 Å². The fourth-order valence-electron chi connectivity index (χ4n) is 2.81. The van der Waals surface area contributed by atoms with E-state index in [1.165, 1.54) is 18.2 Å². The van der Waals surface area contributed by atoms with E-state index in [4.69, 9.17) is 0 Å². The summed E-state index contributed by atoms with van der Waals surface area (Å²) in [4.78, 5) is 12.1. The maximum Gasteiger partial charge on any atom is 0.235 e. The molecular formula is C14H18FN3O3S. The maximum absolute atomic E-state index is 14.0. The Bertz CT molecular complexity index is 687. The highest BCUT2D eigenvalue weighted by atomic mass is 32.2. The number of carbonyl (C=O) groups is 1. The van der Waals surface area contributed by atoms with Crippen molar-refractivity contribution in [3.63, 3.8) is 0 Å². The number of amides is 1. The third-order valence-corrected chi connectivity index (χ3v) is 5.87. The summed E-state index contributed by atoms with van der Waals surface area (Å²) in [6, 6.07) is 4.02. The van der Waals surface area contributed by atoms with E-state index in [-0.39, 0.29) is 29.8 Å². The van der Waals surface area contributed by atoms with Gasteiger partial charge in [-0.2, -0.15) is 0 Å². The van der Waals surface area contributed by atoms with E-state index < -0.39 is 15.8 Å². The van der Waals surface area contributed by atoms with Crippen LogP contribution in [0.15, 0.2) is 18.2 Å². The SMILES string of the molecule is O=C(Nc1ccc(F)c(N2CCCS2(=O)=O)c1)C1CCNC1. The van der Waals surface area contributed by atoms with Crippen LogP contribution >= 0.6 is 0 Å². The Morgan fingerprint density at radius 3 is 2.86 bits per heavy atom. The van der Waals surface area contributed by atoms with Crippen LogP contribution in [0.5, 0.6) is 0 Å². The van der Waals surface area contributed by atoms with Gasteiger partial charge in [0.25, 0.3) is 0 Å². The van der Waals surface area contributed by atoms with E-state index in [0.717, 1.165) is 17.3 Å². The second-order valence-corrected chi connectivity index (χ2v) is 7.60. The highest BCUT2D eigenvalue weighted by molar-refractivity contribution is 7.93. The van der Waals surface area contributed by atoms with Crippen molar-refractivity contribution in [3.8, 4) is 0 Å². The lowest BCUT2D eigenvalue weighted by molar-refractivity contribution is -0.119. The minimum atomic E-state index is -3.45. The maximum atomic E-state index is 14.0. The van der Waals surface area contributed by atoms with Crippen molar-refractivity contribution >= 4 is 27.3 Å². The highest BCUT2D eigenvalue weighted by Gasteiger charge is 2.31. The van der Waals surface area contributed by atoms with Gasteiger partial charge in [-0.05, 0) is 37.6 Å². The number of sulfonamides is 1. The van der Waals surface area contributed by atoms with E-state index >= 15 is 0 Å². The number of carbonyl (C=O) groups excluding carboxylic acids is 1. The van der Waals surface area contributed by atoms with Crippen LogP contribution in [-0.2, 0) is 14.8 Å². The molecule has 1 aromatic carbocycles. The molecule has 6 nitrogen and oxygen atoms in total. The minimum Gasteiger partial charge on any atom is -0.326 e. The van der Waals surface area contributed by atoms with E-state index in [0.29, 0.717) is 18.7 Å². The number of halogens is 1. The molecule has 2 aliphatic heterocycles. The summed E-state index contributed by atoms with van der Waals surface area (Å²) in [6.07, 6.45) is 1.24. The van der Waals surface area contributed by atoms with Crippen molar-refractivity contribution in [2.75, 3.05) is 35.0 Å². The standard InChI is InChI=1S/C14H18FN3O3S/c15-12-3-2-11(17-14(19)10-4-5-16-9-10)8-13(12)18-6-1-7-22(18,20)21/h2-3,8,10,16H,1,4-7,9H2,(H,17,19). The molecule has 0 aromatic heterocycles. The Kier molecular flexibility index (Phi) is 4.05. The Labute approximate surface area is 128 Å². The first-order valence-electron chi connectivity index (χ1n) is 7.29. The normalized spacial score (nSPS) is 23.7. The molecule has 0 saturated carbocycles. The van der Waals surface area contributed by atoms with Crippen LogP contribution in [0.3, 0.4) is 0 Å². The molecule has 1 amide bonds. The smallest absolute Gasteiger partial charge is 0.235 e. The molecule has 1 atom stereocenters. The number of anilines is 2.